The van der Waals surface area contributed by atoms with Gasteiger partial charge in [-0.1, -0.05) is 31.5 Å². The Labute approximate surface area is 105 Å². The molecule has 1 aliphatic carbocycles. The number of hydrogen-bond donors (Lipinski definition) is 0. The van der Waals surface area contributed by atoms with Crippen molar-refractivity contribution >= 4 is 18.1 Å². The van der Waals surface area contributed by atoms with Crippen molar-refractivity contribution in [3.05, 3.63) is 11.1 Å². The van der Waals surface area contributed by atoms with Gasteiger partial charge < -0.3 is 4.74 Å². The molecule has 0 heterocycles. The van der Waals surface area contributed by atoms with Crippen LogP contribution >= 0.6 is 11.6 Å². The number of halogens is 6. The topological polar surface area (TPSA) is 26.3 Å². The number of hydrogen-bond acceptors (Lipinski definition) is 2. The Bertz CT molecular complexity index is 375. The Morgan fingerprint density at radius 2 is 1.78 bits per heavy atom. The van der Waals surface area contributed by atoms with E-state index in [2.05, 4.69) is 4.74 Å². The summed E-state index contributed by atoms with van der Waals surface area (Å²) in [6.45, 7) is 3.26. The van der Waals surface area contributed by atoms with Gasteiger partial charge in [0.25, 0.3) is 6.47 Å². The second-order valence-corrected chi connectivity index (χ2v) is 4.99. The lowest BCUT2D eigenvalue weighted by Gasteiger charge is -2.18. The van der Waals surface area contributed by atoms with Gasteiger partial charge in [-0.3, -0.25) is 4.79 Å². The lowest BCUT2D eigenvalue weighted by Crippen LogP contribution is -2.36. The normalized spacial score (nSPS) is 27.9. The van der Waals surface area contributed by atoms with Crippen LogP contribution in [0.4, 0.5) is 22.0 Å². The van der Waals surface area contributed by atoms with Crippen molar-refractivity contribution < 1.29 is 31.5 Å². The summed E-state index contributed by atoms with van der Waals surface area (Å²) >= 11 is 5.03. The van der Waals surface area contributed by atoms with E-state index in [1.165, 1.54) is 0 Å². The van der Waals surface area contributed by atoms with Gasteiger partial charge in [0.15, 0.2) is 0 Å². The van der Waals surface area contributed by atoms with Crippen molar-refractivity contribution in [2.45, 2.75) is 32.1 Å². The van der Waals surface area contributed by atoms with E-state index >= 15 is 0 Å². The summed E-state index contributed by atoms with van der Waals surface area (Å²) in [4.78, 5) is 10.1. The van der Waals surface area contributed by atoms with Crippen molar-refractivity contribution in [2.75, 3.05) is 0 Å². The second-order valence-electron chi connectivity index (χ2n) is 4.59. The van der Waals surface area contributed by atoms with Crippen LogP contribution in [0.3, 0.4) is 0 Å². The number of rotatable bonds is 4. The summed E-state index contributed by atoms with van der Waals surface area (Å²) in [6, 6.07) is 0. The van der Waals surface area contributed by atoms with Gasteiger partial charge in [0.05, 0.1) is 5.03 Å². The van der Waals surface area contributed by atoms with E-state index < -0.39 is 34.6 Å². The van der Waals surface area contributed by atoms with Gasteiger partial charge in [-0.25, -0.2) is 0 Å². The molecule has 1 saturated carbocycles. The molecule has 0 amide bonds. The van der Waals surface area contributed by atoms with Crippen LogP contribution in [0.25, 0.3) is 0 Å². The monoisotopic (exact) mass is 292 g/mol. The third-order valence-electron chi connectivity index (χ3n) is 2.99. The van der Waals surface area contributed by atoms with E-state index in [1.54, 1.807) is 13.8 Å². The van der Waals surface area contributed by atoms with Crippen molar-refractivity contribution in [3.63, 3.8) is 0 Å². The summed E-state index contributed by atoms with van der Waals surface area (Å²) in [5.74, 6) is -5.86. The molecule has 0 radical (unpaired) electrons. The second kappa shape index (κ2) is 4.36. The van der Waals surface area contributed by atoms with Gasteiger partial charge in [0.1, 0.15) is 6.10 Å². The summed E-state index contributed by atoms with van der Waals surface area (Å²) < 4.78 is 66.3. The highest BCUT2D eigenvalue weighted by Gasteiger charge is 2.63. The quantitative estimate of drug-likeness (QED) is 0.585. The molecular weight excluding hydrogens is 283 g/mol. The molecule has 2 nitrogen and oxygen atoms in total. The molecule has 0 saturated heterocycles. The van der Waals surface area contributed by atoms with Crippen LogP contribution < -0.4 is 0 Å². The Morgan fingerprint density at radius 3 is 2.17 bits per heavy atom. The zero-order valence-corrected chi connectivity index (χ0v) is 10.1. The molecule has 0 aromatic rings. The molecule has 1 fully saturated rings. The van der Waals surface area contributed by atoms with E-state index in [-0.39, 0.29) is 6.47 Å². The van der Waals surface area contributed by atoms with E-state index in [0.717, 1.165) is 0 Å². The Balaban J connectivity index is 2.89. The van der Waals surface area contributed by atoms with Crippen molar-refractivity contribution in [3.8, 4) is 0 Å². The summed E-state index contributed by atoms with van der Waals surface area (Å²) in [6.07, 6.45) is -5.89. The van der Waals surface area contributed by atoms with E-state index in [4.69, 9.17) is 11.6 Å². The molecule has 0 aromatic heterocycles. The molecule has 18 heavy (non-hydrogen) atoms. The Hall–Kier alpha value is -0.850. The minimum absolute atomic E-state index is 0.121. The van der Waals surface area contributed by atoms with Gasteiger partial charge in [-0.2, -0.15) is 22.0 Å². The third kappa shape index (κ3) is 2.46. The molecule has 0 bridgehead atoms. The van der Waals surface area contributed by atoms with Crippen LogP contribution in [0.15, 0.2) is 11.1 Å². The molecule has 0 spiro atoms. The molecule has 0 aromatic carbocycles. The predicted octanol–water partition coefficient (Wildman–Crippen LogP) is 3.50. The maximum atomic E-state index is 12.8. The third-order valence-corrected chi connectivity index (χ3v) is 3.36. The lowest BCUT2D eigenvalue weighted by molar-refractivity contribution is -0.261. The molecular formula is C10H10ClF5O2. The number of alkyl halides is 5. The fourth-order valence-electron chi connectivity index (χ4n) is 1.65. The Kier molecular flexibility index (Phi) is 3.69. The highest BCUT2D eigenvalue weighted by molar-refractivity contribution is 6.30. The predicted molar refractivity (Wildman–Crippen MR) is 53.1 cm³/mol. The van der Waals surface area contributed by atoms with Crippen LogP contribution in [0.2, 0.25) is 0 Å². The first-order valence-corrected chi connectivity index (χ1v) is 5.25. The summed E-state index contributed by atoms with van der Waals surface area (Å²) in [5, 5.41) is -1.61. The molecule has 1 aliphatic rings. The minimum Gasteiger partial charge on any atom is -0.463 e. The van der Waals surface area contributed by atoms with E-state index in [9.17, 15) is 26.7 Å². The highest BCUT2D eigenvalue weighted by atomic mass is 35.5. The van der Waals surface area contributed by atoms with E-state index in [0.29, 0.717) is 6.08 Å². The number of carbonyl (C=O) groups excluding carboxylic acids is 1. The molecule has 2 atom stereocenters. The summed E-state index contributed by atoms with van der Waals surface area (Å²) in [5.41, 5.74) is -0.706. The first-order valence-electron chi connectivity index (χ1n) is 4.87. The SMILES string of the molecule is CC1(C)C(C=C(Cl)C(F)(F)C(F)(F)F)C1OC=O. The smallest absolute Gasteiger partial charge is 0.459 e. The van der Waals surface area contributed by atoms with E-state index in [1.807, 2.05) is 0 Å². The van der Waals surface area contributed by atoms with Crippen LogP contribution in [0.1, 0.15) is 13.8 Å². The Morgan fingerprint density at radius 1 is 1.28 bits per heavy atom. The van der Waals surface area contributed by atoms with Gasteiger partial charge >= 0.3 is 12.1 Å². The minimum atomic E-state index is -5.75. The molecule has 8 heteroatoms. The largest absolute Gasteiger partial charge is 0.463 e. The zero-order chi connectivity index (χ0) is 14.4. The molecule has 104 valence electrons. The zero-order valence-electron chi connectivity index (χ0n) is 9.39. The average molecular weight is 293 g/mol. The van der Waals surface area contributed by atoms with Crippen molar-refractivity contribution in [1.82, 2.24) is 0 Å². The summed E-state index contributed by atoms with van der Waals surface area (Å²) in [7, 11) is 0. The molecule has 1 rings (SSSR count). The van der Waals surface area contributed by atoms with Crippen molar-refractivity contribution in [1.29, 1.82) is 0 Å². The van der Waals surface area contributed by atoms with Gasteiger partial charge in [0.2, 0.25) is 0 Å². The first-order chi connectivity index (χ1) is 7.96. The molecule has 0 N–H and O–H groups in total. The molecule has 0 aliphatic heterocycles. The van der Waals surface area contributed by atoms with Gasteiger partial charge in [-0.15, -0.1) is 0 Å². The van der Waals surface area contributed by atoms with Gasteiger partial charge in [0, 0.05) is 11.3 Å². The van der Waals surface area contributed by atoms with Crippen molar-refractivity contribution in [2.24, 2.45) is 11.3 Å². The fourth-order valence-corrected chi connectivity index (χ4v) is 1.89. The number of ether oxygens (including phenoxy) is 1. The maximum absolute atomic E-state index is 12.8. The van der Waals surface area contributed by atoms with Crippen LogP contribution in [0, 0.1) is 11.3 Å². The maximum Gasteiger partial charge on any atom is 0.459 e. The standard InChI is InChI=1S/C10H10ClF5O2/c1-8(2)5(7(8)18-4-17)3-6(11)9(12,13)10(14,15)16/h3-5,7H,1-2H3. The van der Waals surface area contributed by atoms with Crippen LogP contribution in [-0.2, 0) is 9.53 Å². The lowest BCUT2D eigenvalue weighted by atomic mass is 10.1. The molecule has 2 unspecified atom stereocenters. The number of allylic oxidation sites excluding steroid dienone is 1. The van der Waals surface area contributed by atoms with Crippen LogP contribution in [-0.4, -0.2) is 24.7 Å². The van der Waals surface area contributed by atoms with Crippen LogP contribution in [0.5, 0.6) is 0 Å². The fraction of sp³-hybridized carbons (Fsp3) is 0.700. The first kappa shape index (κ1) is 15.2. The average Bonchev–Trinajstić information content (AvgIpc) is 2.68. The van der Waals surface area contributed by atoms with Gasteiger partial charge in [-0.05, 0) is 0 Å². The number of carbonyl (C=O) groups is 1. The highest BCUT2D eigenvalue weighted by Crippen LogP contribution is 2.56.